The van der Waals surface area contributed by atoms with Crippen LogP contribution in [-0.4, -0.2) is 11.4 Å². The van der Waals surface area contributed by atoms with E-state index in [1.54, 1.807) is 0 Å². The lowest BCUT2D eigenvalue weighted by molar-refractivity contribution is 0.332. The molecular formula is C60H55BN2O2. The summed E-state index contributed by atoms with van der Waals surface area (Å²) in [7, 11) is 0. The van der Waals surface area contributed by atoms with Gasteiger partial charge in [-0.2, -0.15) is 0 Å². The molecule has 0 radical (unpaired) electrons. The second-order valence-corrected chi connectivity index (χ2v) is 22.8. The predicted octanol–water partition coefficient (Wildman–Crippen LogP) is 15.3. The van der Waals surface area contributed by atoms with Crippen molar-refractivity contribution in [1.29, 1.82) is 0 Å². The number of hydrogen-bond acceptors (Lipinski definition) is 3. The van der Waals surface area contributed by atoms with Crippen LogP contribution in [0.5, 0.6) is 0 Å². The molecule has 7 aromatic carbocycles. The van der Waals surface area contributed by atoms with Gasteiger partial charge in [-0.05, 0) is 128 Å². The lowest BCUT2D eigenvalue weighted by Crippen LogP contribution is -2.60. The van der Waals surface area contributed by atoms with Crippen LogP contribution < -0.4 is 15.7 Å². The zero-order valence-corrected chi connectivity index (χ0v) is 39.3. The standard InChI is InChI=1S/C60H55BN2O2/c1-57(2,3)35-20-23-37(24-21-35)63-46-25-22-36(58(4,5)6)28-40(46)53-54-55-51(52-38-18-14-15-19-49(38)65-56(52)53)41-29-43-44(60(9,10)27-26-59(43,7)8)31-47(41)62(55)48-30-39-42(34-16-12-11-13-17-34)33-64-50(39)32-45(48)61(54)63/h11-25,28-33H,26-27H2,1-10H3. The molecule has 1 aliphatic carbocycles. The molecule has 0 saturated carbocycles. The fourth-order valence-corrected chi connectivity index (χ4v) is 12.1. The van der Waals surface area contributed by atoms with Gasteiger partial charge in [-0.25, -0.2) is 0 Å². The van der Waals surface area contributed by atoms with E-state index < -0.39 is 0 Å². The van der Waals surface area contributed by atoms with Crippen LogP contribution in [0.15, 0.2) is 136 Å². The van der Waals surface area contributed by atoms with Crippen LogP contribution in [0.1, 0.15) is 104 Å². The number of para-hydroxylation sites is 1. The predicted molar refractivity (Wildman–Crippen MR) is 275 cm³/mol. The number of benzene rings is 7. The fourth-order valence-electron chi connectivity index (χ4n) is 12.1. The van der Waals surface area contributed by atoms with E-state index in [2.05, 4.69) is 200 Å². The molecule has 0 bridgehead atoms. The van der Waals surface area contributed by atoms with E-state index in [0.717, 1.165) is 57.2 Å². The van der Waals surface area contributed by atoms with Crippen LogP contribution >= 0.6 is 0 Å². The highest BCUT2D eigenvalue weighted by Crippen LogP contribution is 2.54. The Bertz CT molecular complexity index is 3680. The van der Waals surface area contributed by atoms with Crippen molar-refractivity contribution in [2.75, 3.05) is 4.81 Å². The van der Waals surface area contributed by atoms with Crippen molar-refractivity contribution >= 4 is 83.9 Å². The van der Waals surface area contributed by atoms with Gasteiger partial charge >= 0.3 is 6.85 Å². The summed E-state index contributed by atoms with van der Waals surface area (Å²) in [6.45, 7) is 23.5. The minimum absolute atomic E-state index is 0.0215. The summed E-state index contributed by atoms with van der Waals surface area (Å²) < 4.78 is 16.6. The minimum atomic E-state index is -0.192. The first-order valence-electron chi connectivity index (χ1n) is 23.7. The van der Waals surface area contributed by atoms with Crippen molar-refractivity contribution in [2.24, 2.45) is 0 Å². The Kier molecular flexibility index (Phi) is 7.59. The van der Waals surface area contributed by atoms with E-state index in [1.807, 2.05) is 6.26 Å². The summed E-state index contributed by atoms with van der Waals surface area (Å²) in [6.07, 6.45) is 4.26. The van der Waals surface area contributed by atoms with Gasteiger partial charge in [0.1, 0.15) is 16.7 Å². The number of hydrogen-bond donors (Lipinski definition) is 0. The van der Waals surface area contributed by atoms with E-state index in [0.29, 0.717) is 0 Å². The number of nitrogens with zero attached hydrogens (tertiary/aromatic N) is 2. The second-order valence-electron chi connectivity index (χ2n) is 22.8. The van der Waals surface area contributed by atoms with Gasteiger partial charge in [-0.1, -0.05) is 136 Å². The van der Waals surface area contributed by atoms with Crippen LogP contribution in [0.4, 0.5) is 11.4 Å². The third-order valence-corrected chi connectivity index (χ3v) is 15.8. The van der Waals surface area contributed by atoms with Gasteiger partial charge in [0.2, 0.25) is 0 Å². The molecule has 0 amide bonds. The van der Waals surface area contributed by atoms with E-state index in [4.69, 9.17) is 8.83 Å². The molecule has 65 heavy (non-hydrogen) atoms. The first-order chi connectivity index (χ1) is 31.0. The summed E-state index contributed by atoms with van der Waals surface area (Å²) >= 11 is 0. The second kappa shape index (κ2) is 12.7. The molecule has 0 atom stereocenters. The smallest absolute Gasteiger partial charge is 0.333 e. The molecule has 0 spiro atoms. The normalized spacial score (nSPS) is 16.2. The van der Waals surface area contributed by atoms with Crippen molar-refractivity contribution in [2.45, 2.75) is 104 Å². The summed E-state index contributed by atoms with van der Waals surface area (Å²) in [6, 6.07) is 46.0. The molecule has 320 valence electrons. The molecule has 2 aliphatic heterocycles. The molecule has 13 rings (SSSR count). The average molecular weight is 847 g/mol. The third kappa shape index (κ3) is 5.27. The zero-order chi connectivity index (χ0) is 44.7. The Hall–Kier alpha value is -6.46. The molecular weight excluding hydrogens is 791 g/mol. The van der Waals surface area contributed by atoms with E-state index in [-0.39, 0.29) is 28.5 Å². The highest BCUT2D eigenvalue weighted by Gasteiger charge is 2.47. The number of rotatable bonds is 2. The third-order valence-electron chi connectivity index (χ3n) is 15.8. The Morgan fingerprint density at radius 2 is 1.26 bits per heavy atom. The molecule has 5 heteroatoms. The lowest BCUT2D eigenvalue weighted by atomic mass is 9.43. The Morgan fingerprint density at radius 3 is 1.98 bits per heavy atom. The highest BCUT2D eigenvalue weighted by atomic mass is 16.3. The SMILES string of the molecule is CC(C)(C)c1ccc(N2B3c4cc5occ(-c6ccccc6)c5cc4-n4c5cc6c(cc5c5c7c(oc8ccccc87)c(c3c54)-c3cc(C(C)(C)C)ccc32)C(C)(C)CCC6(C)C)cc1. The monoisotopic (exact) mass is 846 g/mol. The largest absolute Gasteiger partial charge is 0.464 e. The average Bonchev–Trinajstić information content (AvgIpc) is 3.98. The maximum atomic E-state index is 7.32. The Labute approximate surface area is 382 Å². The molecule has 0 fully saturated rings. The van der Waals surface area contributed by atoms with Crippen LogP contribution in [0.3, 0.4) is 0 Å². The van der Waals surface area contributed by atoms with Crippen LogP contribution in [0.25, 0.3) is 82.7 Å². The first kappa shape index (κ1) is 39.0. The summed E-state index contributed by atoms with van der Waals surface area (Å²) in [5, 5.41) is 6.06. The van der Waals surface area contributed by atoms with E-state index >= 15 is 0 Å². The molecule has 3 aromatic heterocycles. The number of fused-ring (bicyclic) bond motifs is 15. The lowest BCUT2D eigenvalue weighted by Gasteiger charge is -2.42. The van der Waals surface area contributed by atoms with Crippen LogP contribution in [0.2, 0.25) is 0 Å². The van der Waals surface area contributed by atoms with E-state index in [1.165, 1.54) is 82.9 Å². The van der Waals surface area contributed by atoms with Gasteiger partial charge in [0.15, 0.2) is 0 Å². The van der Waals surface area contributed by atoms with Crippen LogP contribution in [0, 0.1) is 0 Å². The number of furan rings is 2. The summed E-state index contributed by atoms with van der Waals surface area (Å²) in [5.41, 5.74) is 21.6. The first-order valence-corrected chi connectivity index (χ1v) is 23.7. The minimum Gasteiger partial charge on any atom is -0.464 e. The fraction of sp³-hybridized carbons (Fsp3) is 0.267. The van der Waals surface area contributed by atoms with Crippen molar-refractivity contribution in [3.8, 4) is 27.9 Å². The summed E-state index contributed by atoms with van der Waals surface area (Å²) in [5.74, 6) is 0. The highest BCUT2D eigenvalue weighted by molar-refractivity contribution is 6.94. The van der Waals surface area contributed by atoms with Gasteiger partial charge in [0, 0.05) is 60.7 Å². The van der Waals surface area contributed by atoms with Crippen molar-refractivity contribution in [3.63, 3.8) is 0 Å². The van der Waals surface area contributed by atoms with Crippen molar-refractivity contribution in [1.82, 2.24) is 4.57 Å². The van der Waals surface area contributed by atoms with Crippen LogP contribution in [-0.2, 0) is 21.7 Å². The molecule has 10 aromatic rings. The molecule has 5 heterocycles. The number of anilines is 2. The molecule has 3 aliphatic rings. The van der Waals surface area contributed by atoms with E-state index in [9.17, 15) is 0 Å². The Morgan fingerprint density at radius 1 is 0.585 bits per heavy atom. The maximum Gasteiger partial charge on any atom is 0.333 e. The molecule has 0 unspecified atom stereocenters. The van der Waals surface area contributed by atoms with Gasteiger partial charge in [0.05, 0.1) is 17.3 Å². The van der Waals surface area contributed by atoms with Gasteiger partial charge in [-0.3, -0.25) is 0 Å². The van der Waals surface area contributed by atoms with Crippen molar-refractivity contribution < 1.29 is 8.83 Å². The molecule has 0 saturated heterocycles. The topological polar surface area (TPSA) is 34.5 Å². The summed E-state index contributed by atoms with van der Waals surface area (Å²) in [4.78, 5) is 2.63. The van der Waals surface area contributed by atoms with Gasteiger partial charge in [-0.15, -0.1) is 0 Å². The maximum absolute atomic E-state index is 7.32. The zero-order valence-electron chi connectivity index (χ0n) is 39.3. The van der Waals surface area contributed by atoms with Gasteiger partial charge < -0.3 is 18.2 Å². The Balaban J connectivity index is 1.27. The van der Waals surface area contributed by atoms with Gasteiger partial charge in [0.25, 0.3) is 0 Å². The van der Waals surface area contributed by atoms with Crippen molar-refractivity contribution in [3.05, 3.63) is 150 Å². The number of aromatic nitrogens is 1. The molecule has 4 nitrogen and oxygen atoms in total. The molecule has 0 N–H and O–H groups in total. The quantitative estimate of drug-likeness (QED) is 0.163.